The standard InChI is InChI=1S/C31H30N3O2/c1-4-19-33-22-11-7-12-23-28(22)31(29-24(33)13-8-15-26(29)35-2)30-25(14-9-16-27(30)36-3)34(23)20-17-21-10-5-6-18-32-21/h5-16,18H,4,17,19-20H2,1-3H3/q+1. The van der Waals surface area contributed by atoms with Crippen molar-refractivity contribution >= 4 is 33.2 Å². The Morgan fingerprint density at radius 3 is 2.22 bits per heavy atom. The van der Waals surface area contributed by atoms with Crippen molar-refractivity contribution in [3.8, 4) is 22.6 Å². The molecule has 5 aromatic rings. The van der Waals surface area contributed by atoms with E-state index in [1.807, 2.05) is 12.3 Å². The zero-order valence-corrected chi connectivity index (χ0v) is 21.0. The van der Waals surface area contributed by atoms with Gasteiger partial charge >= 0.3 is 0 Å². The molecule has 0 saturated heterocycles. The third-order valence-corrected chi connectivity index (χ3v) is 7.15. The third kappa shape index (κ3) is 3.38. The number of fused-ring (bicyclic) bond motifs is 4. The number of hydrogen-bond donors (Lipinski definition) is 0. The van der Waals surface area contributed by atoms with Crippen molar-refractivity contribution in [2.75, 3.05) is 25.7 Å². The number of methoxy groups -OCH3 is 2. The molecular weight excluding hydrogens is 446 g/mol. The normalized spacial score (nSPS) is 12.1. The Labute approximate surface area is 211 Å². The third-order valence-electron chi connectivity index (χ3n) is 7.15. The van der Waals surface area contributed by atoms with Crippen LogP contribution in [0.2, 0.25) is 0 Å². The Morgan fingerprint density at radius 2 is 1.47 bits per heavy atom. The molecule has 0 bridgehead atoms. The molecule has 0 atom stereocenters. The molecule has 0 N–H and O–H groups in total. The molecule has 6 rings (SSSR count). The van der Waals surface area contributed by atoms with Crippen LogP contribution in [0.15, 0.2) is 79.0 Å². The van der Waals surface area contributed by atoms with E-state index >= 15 is 0 Å². The maximum absolute atomic E-state index is 5.98. The van der Waals surface area contributed by atoms with Crippen LogP contribution in [0.3, 0.4) is 0 Å². The summed E-state index contributed by atoms with van der Waals surface area (Å²) in [7, 11) is 3.51. The Bertz CT molecular complexity index is 1580. The summed E-state index contributed by atoms with van der Waals surface area (Å²) < 4.78 is 14.4. The smallest absolute Gasteiger partial charge is 0.217 e. The number of ether oxygens (including phenoxy) is 2. The molecule has 0 aliphatic carbocycles. The SMILES string of the molecule is CCC[n+]1c2cccc(OC)c2c2c3c(cccc31)N(CCc1ccccn1)c1cccc(OC)c1-2. The second kappa shape index (κ2) is 9.15. The lowest BCUT2D eigenvalue weighted by atomic mass is 9.88. The average molecular weight is 477 g/mol. The van der Waals surface area contributed by atoms with Gasteiger partial charge in [-0.1, -0.05) is 31.2 Å². The quantitative estimate of drug-likeness (QED) is 0.199. The van der Waals surface area contributed by atoms with Crippen LogP contribution in [0.4, 0.5) is 11.4 Å². The van der Waals surface area contributed by atoms with E-state index < -0.39 is 0 Å². The molecule has 0 saturated carbocycles. The molecule has 180 valence electrons. The van der Waals surface area contributed by atoms with Gasteiger partial charge in [0.25, 0.3) is 0 Å². The van der Waals surface area contributed by atoms with Crippen molar-refractivity contribution in [1.29, 1.82) is 0 Å². The van der Waals surface area contributed by atoms with Gasteiger partial charge in [0.05, 0.1) is 36.4 Å². The van der Waals surface area contributed by atoms with Crippen molar-refractivity contribution in [3.63, 3.8) is 0 Å². The molecule has 0 radical (unpaired) electrons. The lowest BCUT2D eigenvalue weighted by molar-refractivity contribution is -0.645. The van der Waals surface area contributed by atoms with Crippen LogP contribution >= 0.6 is 0 Å². The van der Waals surface area contributed by atoms with Gasteiger partial charge in [-0.05, 0) is 36.4 Å². The topological polar surface area (TPSA) is 38.5 Å². The molecule has 0 unspecified atom stereocenters. The molecule has 3 heterocycles. The molecule has 36 heavy (non-hydrogen) atoms. The summed E-state index contributed by atoms with van der Waals surface area (Å²) in [6.07, 6.45) is 3.75. The summed E-state index contributed by atoms with van der Waals surface area (Å²) in [5, 5.41) is 2.37. The van der Waals surface area contributed by atoms with E-state index in [1.165, 1.54) is 27.7 Å². The zero-order chi connectivity index (χ0) is 24.6. The highest BCUT2D eigenvalue weighted by Crippen LogP contribution is 2.54. The number of benzene rings is 3. The first-order chi connectivity index (χ1) is 17.8. The van der Waals surface area contributed by atoms with Gasteiger partial charge in [0.1, 0.15) is 18.0 Å². The largest absolute Gasteiger partial charge is 0.496 e. The van der Waals surface area contributed by atoms with Crippen LogP contribution in [0.1, 0.15) is 19.0 Å². The molecule has 1 aliphatic rings. The van der Waals surface area contributed by atoms with E-state index in [0.717, 1.165) is 59.8 Å². The number of pyridine rings is 2. The minimum atomic E-state index is 0.813. The summed E-state index contributed by atoms with van der Waals surface area (Å²) in [6.45, 7) is 3.97. The summed E-state index contributed by atoms with van der Waals surface area (Å²) in [4.78, 5) is 7.01. The summed E-state index contributed by atoms with van der Waals surface area (Å²) in [5.41, 5.74) is 8.13. The van der Waals surface area contributed by atoms with Crippen LogP contribution in [-0.4, -0.2) is 25.7 Å². The highest BCUT2D eigenvalue weighted by atomic mass is 16.5. The predicted octanol–water partition coefficient (Wildman–Crippen LogP) is 6.46. The molecule has 2 aromatic heterocycles. The Hall–Kier alpha value is -4.12. The second-order valence-electron chi connectivity index (χ2n) is 9.13. The molecule has 1 aliphatic heterocycles. The van der Waals surface area contributed by atoms with Crippen LogP contribution < -0.4 is 18.9 Å². The maximum atomic E-state index is 5.98. The first-order valence-corrected chi connectivity index (χ1v) is 12.6. The van der Waals surface area contributed by atoms with Crippen LogP contribution in [0.25, 0.3) is 32.9 Å². The van der Waals surface area contributed by atoms with Crippen molar-refractivity contribution < 1.29 is 14.0 Å². The van der Waals surface area contributed by atoms with Crippen molar-refractivity contribution in [3.05, 3.63) is 84.7 Å². The zero-order valence-electron chi connectivity index (χ0n) is 21.0. The van der Waals surface area contributed by atoms with Gasteiger partial charge in [-0.15, -0.1) is 0 Å². The molecule has 0 spiro atoms. The summed E-state index contributed by atoms with van der Waals surface area (Å²) in [6, 6.07) is 25.5. The van der Waals surface area contributed by atoms with E-state index in [4.69, 9.17) is 9.47 Å². The van der Waals surface area contributed by atoms with Gasteiger partial charge in [0.2, 0.25) is 11.0 Å². The number of anilines is 2. The van der Waals surface area contributed by atoms with Gasteiger partial charge in [-0.2, -0.15) is 4.57 Å². The highest BCUT2D eigenvalue weighted by Gasteiger charge is 2.34. The van der Waals surface area contributed by atoms with Crippen molar-refractivity contribution in [2.45, 2.75) is 26.3 Å². The maximum Gasteiger partial charge on any atom is 0.217 e. The van der Waals surface area contributed by atoms with Gasteiger partial charge in [-0.3, -0.25) is 4.98 Å². The molecule has 0 fully saturated rings. The fraction of sp³-hybridized carbons (Fsp3) is 0.226. The Balaban J connectivity index is 1.73. The van der Waals surface area contributed by atoms with E-state index in [-0.39, 0.29) is 0 Å². The van der Waals surface area contributed by atoms with Crippen LogP contribution in [-0.2, 0) is 13.0 Å². The lowest BCUT2D eigenvalue weighted by Crippen LogP contribution is -2.36. The molecule has 0 amide bonds. The monoisotopic (exact) mass is 476 g/mol. The number of aryl methyl sites for hydroxylation is 1. The van der Waals surface area contributed by atoms with E-state index in [2.05, 4.69) is 88.1 Å². The molecular formula is C31H30N3O2+. The first-order valence-electron chi connectivity index (χ1n) is 12.6. The molecule has 5 heteroatoms. The van der Waals surface area contributed by atoms with E-state index in [1.54, 1.807) is 14.2 Å². The van der Waals surface area contributed by atoms with Gasteiger partial charge in [0, 0.05) is 54.5 Å². The number of hydrogen-bond acceptors (Lipinski definition) is 4. The fourth-order valence-electron chi connectivity index (χ4n) is 5.68. The lowest BCUT2D eigenvalue weighted by Gasteiger charge is -2.34. The van der Waals surface area contributed by atoms with Gasteiger partial charge in [-0.25, -0.2) is 0 Å². The summed E-state index contributed by atoms with van der Waals surface area (Å²) in [5.74, 6) is 1.74. The van der Waals surface area contributed by atoms with E-state index in [9.17, 15) is 0 Å². The average Bonchev–Trinajstić information content (AvgIpc) is 2.93. The molecule has 3 aromatic carbocycles. The highest BCUT2D eigenvalue weighted by molar-refractivity contribution is 6.20. The predicted molar refractivity (Wildman–Crippen MR) is 145 cm³/mol. The summed E-state index contributed by atoms with van der Waals surface area (Å²) >= 11 is 0. The number of nitrogens with zero attached hydrogens (tertiary/aromatic N) is 3. The van der Waals surface area contributed by atoms with E-state index in [0.29, 0.717) is 0 Å². The minimum absolute atomic E-state index is 0.813. The van der Waals surface area contributed by atoms with Gasteiger partial charge < -0.3 is 14.4 Å². The first kappa shape index (κ1) is 22.4. The van der Waals surface area contributed by atoms with Gasteiger partial charge in [0.15, 0.2) is 0 Å². The van der Waals surface area contributed by atoms with Crippen molar-refractivity contribution in [2.24, 2.45) is 0 Å². The minimum Gasteiger partial charge on any atom is -0.496 e. The van der Waals surface area contributed by atoms with Crippen LogP contribution in [0.5, 0.6) is 11.5 Å². The Morgan fingerprint density at radius 1 is 0.750 bits per heavy atom. The van der Waals surface area contributed by atoms with Crippen molar-refractivity contribution in [1.82, 2.24) is 4.98 Å². The molecule has 5 nitrogen and oxygen atoms in total. The Kier molecular flexibility index (Phi) is 5.68. The number of aromatic nitrogens is 2. The number of rotatable bonds is 7. The second-order valence-corrected chi connectivity index (χ2v) is 9.13. The van der Waals surface area contributed by atoms with Crippen LogP contribution in [0, 0.1) is 0 Å². The fourth-order valence-corrected chi connectivity index (χ4v) is 5.68.